The van der Waals surface area contributed by atoms with Crippen LogP contribution in [0.5, 0.6) is 0 Å². The van der Waals surface area contributed by atoms with Crippen LogP contribution in [0, 0.1) is 0 Å². The average molecular weight is 898 g/mol. The summed E-state index contributed by atoms with van der Waals surface area (Å²) in [6.07, 6.45) is 36.5. The van der Waals surface area contributed by atoms with Crippen LogP contribution in [0.3, 0.4) is 0 Å². The van der Waals surface area contributed by atoms with E-state index in [2.05, 4.69) is 43.5 Å². The number of ether oxygens (including phenoxy) is 2. The lowest BCUT2D eigenvalue weighted by atomic mass is 9.98. The summed E-state index contributed by atoms with van der Waals surface area (Å²) in [5, 5.41) is 75.9. The predicted molar refractivity (Wildman–Crippen MR) is 256 cm³/mol. The lowest BCUT2D eigenvalue weighted by Gasteiger charge is -2.40. The van der Waals surface area contributed by atoms with Gasteiger partial charge in [0.1, 0.15) is 36.6 Å². The monoisotopic (exact) mass is 898 g/mol. The highest BCUT2D eigenvalue weighted by Gasteiger charge is 2.44. The molecule has 63 heavy (non-hydrogen) atoms. The Morgan fingerprint density at radius 2 is 0.952 bits per heavy atom. The van der Waals surface area contributed by atoms with Crippen LogP contribution in [-0.2, 0) is 14.3 Å². The van der Waals surface area contributed by atoms with Crippen LogP contribution in [0.2, 0.25) is 0 Å². The second kappa shape index (κ2) is 42.0. The minimum atomic E-state index is -1.67. The first kappa shape index (κ1) is 59.6. The van der Waals surface area contributed by atoms with E-state index in [1.165, 1.54) is 148 Å². The van der Waals surface area contributed by atoms with Crippen LogP contribution in [0.1, 0.15) is 232 Å². The molecule has 0 aromatic heterocycles. The van der Waals surface area contributed by atoms with Crippen molar-refractivity contribution < 1.29 is 50.0 Å². The number of rotatable bonds is 44. The fourth-order valence-corrected chi connectivity index (χ4v) is 8.40. The fraction of sp³-hybridized carbons (Fsp3) is 0.904. The van der Waals surface area contributed by atoms with Gasteiger partial charge < -0.3 is 50.5 Å². The van der Waals surface area contributed by atoms with E-state index in [-0.39, 0.29) is 12.8 Å². The van der Waals surface area contributed by atoms with Gasteiger partial charge in [0.25, 0.3) is 0 Å². The number of aliphatic hydroxyl groups excluding tert-OH is 7. The van der Waals surface area contributed by atoms with Gasteiger partial charge in [-0.3, -0.25) is 4.79 Å². The van der Waals surface area contributed by atoms with Crippen LogP contribution >= 0.6 is 0 Å². The predicted octanol–water partition coefficient (Wildman–Crippen LogP) is 9.79. The number of carbonyl (C=O) groups is 1. The van der Waals surface area contributed by atoms with Gasteiger partial charge in [-0.15, -0.1) is 0 Å². The molecule has 0 radical (unpaired) electrons. The number of unbranched alkanes of at least 4 members (excludes halogenated alkanes) is 28. The van der Waals surface area contributed by atoms with E-state index in [0.29, 0.717) is 19.3 Å². The van der Waals surface area contributed by atoms with E-state index >= 15 is 0 Å². The summed E-state index contributed by atoms with van der Waals surface area (Å²) in [5.74, 6) is -0.708. The first-order valence-corrected chi connectivity index (χ1v) is 26.2. The molecule has 11 heteroatoms. The van der Waals surface area contributed by atoms with Crippen molar-refractivity contribution in [2.45, 2.75) is 287 Å². The fourth-order valence-electron chi connectivity index (χ4n) is 8.40. The summed E-state index contributed by atoms with van der Waals surface area (Å²) in [6.45, 7) is 3.44. The zero-order valence-corrected chi connectivity index (χ0v) is 40.3. The summed E-state index contributed by atoms with van der Waals surface area (Å²) in [4.78, 5) is 13.1. The summed E-state index contributed by atoms with van der Waals surface area (Å²) in [7, 11) is 0. The first-order chi connectivity index (χ1) is 30.7. The van der Waals surface area contributed by atoms with Gasteiger partial charge in [0, 0.05) is 0 Å². The normalized spacial score (nSPS) is 21.3. The van der Waals surface area contributed by atoms with Crippen molar-refractivity contribution in [2.24, 2.45) is 0 Å². The molecule has 1 rings (SSSR count). The summed E-state index contributed by atoms with van der Waals surface area (Å²) in [5.41, 5.74) is 0. The van der Waals surface area contributed by atoms with E-state index in [1.54, 1.807) is 0 Å². The molecule has 0 spiro atoms. The third kappa shape index (κ3) is 31.2. The molecule has 9 atom stereocenters. The second-order valence-electron chi connectivity index (χ2n) is 18.6. The number of carbonyl (C=O) groups excluding carboxylic acids is 1. The van der Waals surface area contributed by atoms with Crippen LogP contribution < -0.4 is 5.32 Å². The molecule has 1 aliphatic rings. The maximum absolute atomic E-state index is 13.1. The maximum atomic E-state index is 13.1. The van der Waals surface area contributed by atoms with E-state index < -0.39 is 74.2 Å². The van der Waals surface area contributed by atoms with Crippen LogP contribution in [-0.4, -0.2) is 110 Å². The Kier molecular flexibility index (Phi) is 39.7. The molecule has 1 aliphatic heterocycles. The number of amides is 1. The molecule has 11 nitrogen and oxygen atoms in total. The molecule has 372 valence electrons. The maximum Gasteiger partial charge on any atom is 0.249 e. The topological polar surface area (TPSA) is 189 Å². The molecule has 0 aliphatic carbocycles. The van der Waals surface area contributed by atoms with Crippen molar-refractivity contribution in [3.05, 3.63) is 24.3 Å². The zero-order chi connectivity index (χ0) is 46.2. The molecule has 8 N–H and O–H groups in total. The highest BCUT2D eigenvalue weighted by Crippen LogP contribution is 2.23. The minimum Gasteiger partial charge on any atom is -0.394 e. The summed E-state index contributed by atoms with van der Waals surface area (Å²) in [6, 6.07) is -1.19. The Balaban J connectivity index is 2.41. The minimum absolute atomic E-state index is 0.249. The van der Waals surface area contributed by atoms with E-state index in [9.17, 15) is 40.5 Å². The Labute approximate surface area is 384 Å². The molecule has 1 heterocycles. The number of nitrogens with one attached hydrogen (secondary N) is 1. The standard InChI is InChI=1S/C52H99NO10/c1-3-5-7-9-11-13-15-17-19-21-22-23-24-26-27-29-31-33-35-37-39-44(55)47(57)43(42-62-52-50(60)49(59)48(58)46(41-54)63-52)53-51(61)45(56)40-38-36-34-32-30-28-25-20-18-16-14-12-10-8-6-4-2/h24,26,31,33,43-50,52,54-60H,3-23,25,27-30,32,34-42H2,1-2H3,(H,53,61)/b26-24+,33-31+. The Morgan fingerprint density at radius 3 is 1.41 bits per heavy atom. The zero-order valence-electron chi connectivity index (χ0n) is 40.3. The van der Waals surface area contributed by atoms with Gasteiger partial charge in [-0.2, -0.15) is 0 Å². The van der Waals surface area contributed by atoms with Gasteiger partial charge in [0.05, 0.1) is 25.4 Å². The number of allylic oxidation sites excluding steroid dienone is 4. The third-order valence-electron chi connectivity index (χ3n) is 12.7. The molecular formula is C52H99NO10. The Bertz CT molecular complexity index is 1080. The van der Waals surface area contributed by atoms with Crippen LogP contribution in [0.15, 0.2) is 24.3 Å². The number of aliphatic hydroxyl groups is 7. The highest BCUT2D eigenvalue weighted by atomic mass is 16.7. The second-order valence-corrected chi connectivity index (χ2v) is 18.6. The first-order valence-electron chi connectivity index (χ1n) is 26.2. The van der Waals surface area contributed by atoms with Gasteiger partial charge >= 0.3 is 0 Å². The van der Waals surface area contributed by atoms with Crippen molar-refractivity contribution in [1.82, 2.24) is 5.32 Å². The lowest BCUT2D eigenvalue weighted by Crippen LogP contribution is -2.60. The Hall–Kier alpha value is -1.41. The van der Waals surface area contributed by atoms with Gasteiger partial charge in [-0.1, -0.05) is 205 Å². The van der Waals surface area contributed by atoms with Crippen molar-refractivity contribution >= 4 is 5.91 Å². The van der Waals surface area contributed by atoms with Crippen molar-refractivity contribution in [1.29, 1.82) is 0 Å². The van der Waals surface area contributed by atoms with E-state index in [4.69, 9.17) is 9.47 Å². The molecule has 0 bridgehead atoms. The van der Waals surface area contributed by atoms with Gasteiger partial charge in [-0.25, -0.2) is 0 Å². The van der Waals surface area contributed by atoms with Crippen LogP contribution in [0.4, 0.5) is 0 Å². The molecule has 1 saturated heterocycles. The molecule has 0 saturated carbocycles. The quantitative estimate of drug-likeness (QED) is 0.0216. The molecule has 0 aromatic rings. The summed E-state index contributed by atoms with van der Waals surface area (Å²) >= 11 is 0. The van der Waals surface area contributed by atoms with Gasteiger partial charge in [-0.05, 0) is 51.4 Å². The van der Waals surface area contributed by atoms with Gasteiger partial charge in [0.2, 0.25) is 5.91 Å². The molecule has 1 amide bonds. The number of hydrogen-bond donors (Lipinski definition) is 8. The molecular weight excluding hydrogens is 799 g/mol. The van der Waals surface area contributed by atoms with E-state index in [1.807, 2.05) is 0 Å². The number of hydrogen-bond acceptors (Lipinski definition) is 10. The lowest BCUT2D eigenvalue weighted by molar-refractivity contribution is -0.303. The molecule has 1 fully saturated rings. The smallest absolute Gasteiger partial charge is 0.249 e. The average Bonchev–Trinajstić information content (AvgIpc) is 3.28. The Morgan fingerprint density at radius 1 is 0.540 bits per heavy atom. The van der Waals surface area contributed by atoms with Crippen LogP contribution in [0.25, 0.3) is 0 Å². The molecule has 9 unspecified atom stereocenters. The van der Waals surface area contributed by atoms with Crippen molar-refractivity contribution in [3.63, 3.8) is 0 Å². The molecule has 0 aromatic carbocycles. The van der Waals surface area contributed by atoms with E-state index in [0.717, 1.165) is 38.5 Å². The highest BCUT2D eigenvalue weighted by molar-refractivity contribution is 5.80. The van der Waals surface area contributed by atoms with Crippen molar-refractivity contribution in [2.75, 3.05) is 13.2 Å². The van der Waals surface area contributed by atoms with Gasteiger partial charge in [0.15, 0.2) is 6.29 Å². The SMILES string of the molecule is CCCCCCCCCCCCC/C=C/CC/C=C/CCCC(O)C(O)C(COC1OC(CO)C(O)C(O)C1O)NC(=O)C(O)CCCCCCCCCCCCCCCCCC. The third-order valence-corrected chi connectivity index (χ3v) is 12.7. The largest absolute Gasteiger partial charge is 0.394 e. The van der Waals surface area contributed by atoms with Crippen molar-refractivity contribution in [3.8, 4) is 0 Å². The summed E-state index contributed by atoms with van der Waals surface area (Å²) < 4.78 is 11.1.